The number of aliphatic carboxylic acids is 3. The molecule has 2 fully saturated rings. The van der Waals surface area contributed by atoms with Crippen LogP contribution in [0, 0.1) is 22.7 Å². The first-order valence-corrected chi connectivity index (χ1v) is 40.8. The van der Waals surface area contributed by atoms with Gasteiger partial charge in [0, 0.05) is 55.6 Å². The number of hydrogen-bond donors (Lipinski definition) is 13. The summed E-state index contributed by atoms with van der Waals surface area (Å²) < 4.78 is 120. The monoisotopic (exact) mass is 1730 g/mol. The Balaban J connectivity index is 0.000000523. The highest BCUT2D eigenvalue weighted by Crippen LogP contribution is 2.58. The summed E-state index contributed by atoms with van der Waals surface area (Å²) in [6.45, 7) is 4.18. The summed E-state index contributed by atoms with van der Waals surface area (Å²) >= 11 is 0.714. The zero-order chi connectivity index (χ0) is 83.6. The number of nitrogen functional groups attached to an aromatic ring is 2. The number of anilines is 2. The normalized spacial score (nSPS) is 21.7. The smallest absolute Gasteiger partial charge is 0.317 e. The number of rotatable bonds is 40. The molecule has 4 amide bonds. The quantitative estimate of drug-likeness (QED) is 0.0112. The number of nitrogens with two attached hydrogens (primary N) is 2. The van der Waals surface area contributed by atoms with Crippen LogP contribution >= 0.6 is 58.7 Å². The van der Waals surface area contributed by atoms with Crippen molar-refractivity contribution in [2.24, 2.45) is 22.7 Å². The lowest BCUT2D eigenvalue weighted by atomic mass is 9.87. The number of thioether (sulfide) groups is 1. The summed E-state index contributed by atoms with van der Waals surface area (Å²) in [6, 6.07) is 0. The van der Waals surface area contributed by atoms with Gasteiger partial charge in [0.25, 0.3) is 31.3 Å². The van der Waals surface area contributed by atoms with Gasteiger partial charge in [-0.1, -0.05) is 39.5 Å². The highest BCUT2D eigenvalue weighted by molar-refractivity contribution is 8.13. The Kier molecular flexibility index (Phi) is 37.0. The fourth-order valence-electron chi connectivity index (χ4n) is 8.70. The van der Waals surface area contributed by atoms with Gasteiger partial charge in [-0.25, -0.2) is 38.5 Å². The van der Waals surface area contributed by atoms with E-state index in [0.29, 0.717) is 18.3 Å². The number of ether oxygens (including phenoxy) is 2. The lowest BCUT2D eigenvalue weighted by Crippen LogP contribution is -2.46. The van der Waals surface area contributed by atoms with Crippen molar-refractivity contribution in [3.63, 3.8) is 0 Å². The number of imidazole rings is 2. The van der Waals surface area contributed by atoms with Crippen LogP contribution in [0.25, 0.3) is 22.3 Å². The summed E-state index contributed by atoms with van der Waals surface area (Å²) in [5.74, 6) is -9.46. The molecule has 6 heterocycles. The number of aromatic nitrogens is 8. The van der Waals surface area contributed by atoms with E-state index in [1.807, 2.05) is 0 Å². The number of phosphoric acid groups is 6. The Hall–Kier alpha value is -6.53. The number of fused-ring (bicyclic) bond motifs is 2. The maximum Gasteiger partial charge on any atom is 0.317 e. The van der Waals surface area contributed by atoms with Gasteiger partial charge in [-0.3, -0.25) is 65.8 Å². The van der Waals surface area contributed by atoms with Gasteiger partial charge < -0.3 is 159 Å². The second-order valence-electron chi connectivity index (χ2n) is 24.2. The molecule has 0 spiro atoms. The Labute approximate surface area is 629 Å². The standard InChI is InChI=1S/C25H40N7O19P3S.C21H36N7O16P3.C4H6O4.H2O/c1-12(23(37)38)24(39)55-7-6-27-14(33)4-5-28-21(36)18(35)25(2,3)9-48-54(45,46)51-53(43,44)47-8-13-17(50-52(40,41)42)16(34)22(49-13)32-11-31-15-19(26)29-10-30-20(15)32;1-4-23-12(29)5-6-24-19(32)16(31)21(2,3)8-41-47(38,39)44-46(36,37)40-7-11-15(43-45(33,34)35)14(30)20(42-11)28-10-27-13-17(22)25-9-26-18(13)28;1-2(3(5)6)4(7)8;/h10-13,16-18,22,34-35H,4-9H2,1-3H3,(H,27,33)(H,28,36)(H,37,38)(H,43,44)(H,45,46)(H2,26,29,30)(H2,40,41,42);9-11,14-16,20,30-31H,4-8H2,1-3H3,(H,23,29)(H,24,32)(H,36,37)(H,38,39)(H2,22,25,26)(H2,33,34,35);2H,1H3,(H,5,6)(H,7,8);1H2/p-8. The molecule has 0 aliphatic carbocycles. The number of carboxylic acid groups (broad SMARTS) is 3. The number of aliphatic hydroxyl groups excluding tert-OH is 4. The minimum atomic E-state index is -5.93. The van der Waals surface area contributed by atoms with Crippen LogP contribution in [-0.4, -0.2) is 234 Å². The zero-order valence-electron chi connectivity index (χ0n) is 58.5. The van der Waals surface area contributed by atoms with Crippen molar-refractivity contribution < 1.29 is 191 Å². The number of phosphoric ester groups is 6. The highest BCUT2D eigenvalue weighted by atomic mass is 32.2. The van der Waals surface area contributed by atoms with Gasteiger partial charge in [0.15, 0.2) is 41.3 Å². The molecule has 0 aromatic carbocycles. The van der Waals surface area contributed by atoms with E-state index >= 15 is 0 Å². The van der Waals surface area contributed by atoms with Gasteiger partial charge in [0.05, 0.1) is 54.7 Å². The Morgan fingerprint density at radius 1 is 0.559 bits per heavy atom. The van der Waals surface area contributed by atoms with E-state index in [4.69, 9.17) is 36.3 Å². The number of nitrogens with one attached hydrogen (secondary N) is 4. The average molecular weight is 1730 g/mol. The molecule has 111 heavy (non-hydrogen) atoms. The third-order valence-electron chi connectivity index (χ3n) is 14.6. The molecule has 61 heteroatoms. The van der Waals surface area contributed by atoms with Crippen LogP contribution in [0.2, 0.25) is 0 Å². The van der Waals surface area contributed by atoms with E-state index in [1.165, 1.54) is 20.8 Å². The van der Waals surface area contributed by atoms with Crippen molar-refractivity contribution >= 4 is 139 Å². The van der Waals surface area contributed by atoms with Crippen LogP contribution in [0.5, 0.6) is 0 Å². The second kappa shape index (κ2) is 41.7. The summed E-state index contributed by atoms with van der Waals surface area (Å²) in [7, 11) is -35.1. The van der Waals surface area contributed by atoms with Crippen LogP contribution in [0.4, 0.5) is 11.6 Å². The van der Waals surface area contributed by atoms with Gasteiger partial charge in [-0.15, -0.1) is 0 Å². The lowest BCUT2D eigenvalue weighted by molar-refractivity contribution is -0.348. The van der Waals surface area contributed by atoms with Crippen molar-refractivity contribution in [2.45, 2.75) is 123 Å². The first kappa shape index (κ1) is 98.7. The molecular formula is C50H76N14O40P6S-8. The van der Waals surface area contributed by atoms with Crippen molar-refractivity contribution in [2.75, 3.05) is 69.8 Å². The van der Waals surface area contributed by atoms with Gasteiger partial charge in [-0.2, -0.15) is 0 Å². The fraction of sp³-hybridized carbons (Fsp3) is 0.640. The van der Waals surface area contributed by atoms with Gasteiger partial charge in [0.2, 0.25) is 28.7 Å². The fourth-order valence-corrected chi connectivity index (χ4v) is 14.9. The third kappa shape index (κ3) is 31.0. The molecule has 15 atom stereocenters. The molecule has 0 saturated carbocycles. The molecule has 2 saturated heterocycles. The van der Waals surface area contributed by atoms with Crippen molar-refractivity contribution in [1.29, 1.82) is 0 Å². The van der Waals surface area contributed by atoms with Crippen LogP contribution < -0.4 is 71.9 Å². The molecule has 6 rings (SSSR count). The average Bonchev–Trinajstić information content (AvgIpc) is 1.62. The molecule has 2 aliphatic rings. The molecule has 0 bridgehead atoms. The van der Waals surface area contributed by atoms with E-state index in [0.717, 1.165) is 55.2 Å². The number of carbonyl (C=O) groups excluding carboxylic acids is 5. The molecule has 4 aromatic rings. The lowest BCUT2D eigenvalue weighted by Gasteiger charge is -2.36. The minimum absolute atomic E-state index is 0. The molecule has 4 aromatic heterocycles. The number of carboxylic acids is 3. The van der Waals surface area contributed by atoms with Crippen LogP contribution in [-0.2, 0) is 111 Å². The summed E-state index contributed by atoms with van der Waals surface area (Å²) in [5, 5.41) is 76.0. The predicted molar refractivity (Wildman–Crippen MR) is 350 cm³/mol. The van der Waals surface area contributed by atoms with Crippen LogP contribution in [0.15, 0.2) is 25.3 Å². The van der Waals surface area contributed by atoms with Gasteiger partial charge in [0.1, 0.15) is 78.4 Å². The van der Waals surface area contributed by atoms with Gasteiger partial charge in [-0.05, 0) is 20.8 Å². The molecule has 0 radical (unpaired) electrons. The van der Waals surface area contributed by atoms with E-state index in [1.54, 1.807) is 6.92 Å². The maximum absolute atomic E-state index is 12.5. The Bertz CT molecular complexity index is 4200. The molecular weight excluding hydrogens is 1650 g/mol. The molecule has 54 nitrogen and oxygen atoms in total. The minimum Gasteiger partial charge on any atom is -0.790 e. The Morgan fingerprint density at radius 3 is 1.24 bits per heavy atom. The van der Waals surface area contributed by atoms with Crippen molar-refractivity contribution in [3.8, 4) is 0 Å². The SMILES string of the molecule is CC(C(=O)O)C(=O)O.CC(C(=O)O)C(=O)SCCNC(=O)CCNC(=O)C(O)C(C)(C)COP(=O)([O-])OP(=O)([O-])OCC1OC(n2cnc3c(N)ncnc32)C(O)C1OP(=O)([O-])[O-].CCNC(=O)CCNC(=O)C(O)C(C)(C)COP(=O)([O-])OP(=O)([O-])OCC1OC(n2cnc3c(N)ncnc32)C(O)C1OP(=O)([O-])[O-].O. The van der Waals surface area contributed by atoms with E-state index in [-0.39, 0.29) is 83.6 Å². The molecule has 17 N–H and O–H groups in total. The van der Waals surface area contributed by atoms with Gasteiger partial charge >= 0.3 is 17.9 Å². The Morgan fingerprint density at radius 2 is 0.910 bits per heavy atom. The van der Waals surface area contributed by atoms with Crippen LogP contribution in [0.3, 0.4) is 0 Å². The summed E-state index contributed by atoms with van der Waals surface area (Å²) in [4.78, 5) is 208. The van der Waals surface area contributed by atoms with Crippen molar-refractivity contribution in [1.82, 2.24) is 60.3 Å². The molecule has 15 unspecified atom stereocenters. The first-order chi connectivity index (χ1) is 50.6. The first-order valence-electron chi connectivity index (χ1n) is 31.0. The number of nitrogens with zero attached hydrogens (tertiary/aromatic N) is 8. The van der Waals surface area contributed by atoms with Crippen molar-refractivity contribution in [3.05, 3.63) is 25.3 Å². The largest absolute Gasteiger partial charge is 0.790 e. The topological polar surface area (TPSA) is 876 Å². The third-order valence-corrected chi connectivity index (χ3v) is 21.7. The second-order valence-corrected chi connectivity index (χ2v) is 33.4. The van der Waals surface area contributed by atoms with E-state index in [2.05, 4.69) is 86.9 Å². The maximum atomic E-state index is 12.5. The zero-order valence-corrected chi connectivity index (χ0v) is 64.7. The number of carbonyl (C=O) groups is 8. The molecule has 630 valence electrons. The summed E-state index contributed by atoms with van der Waals surface area (Å²) in [5.41, 5.74) is 8.11. The predicted octanol–water partition coefficient (Wildman–Crippen LogP) is -9.28. The van der Waals surface area contributed by atoms with E-state index < -0.39 is 198 Å². The number of aliphatic hydroxyl groups is 4. The molecule has 2 aliphatic heterocycles. The summed E-state index contributed by atoms with van der Waals surface area (Å²) in [6.07, 6.45) is -15.2. The number of amides is 4. The highest BCUT2D eigenvalue weighted by Gasteiger charge is 2.49. The number of hydrogen-bond acceptors (Lipinski definition) is 45. The van der Waals surface area contributed by atoms with Crippen LogP contribution in [0.1, 0.15) is 73.8 Å². The van der Waals surface area contributed by atoms with E-state index in [9.17, 15) is 125 Å².